The Bertz CT molecular complexity index is 1040. The minimum Gasteiger partial charge on any atom is -0.506 e. The van der Waals surface area contributed by atoms with Crippen LogP contribution in [-0.2, 0) is 0 Å². The molecule has 0 bridgehead atoms. The van der Waals surface area contributed by atoms with Crippen LogP contribution < -0.4 is 5.32 Å². The van der Waals surface area contributed by atoms with Crippen molar-refractivity contribution in [1.82, 2.24) is 9.88 Å². The topological polar surface area (TPSA) is 48.4 Å². The van der Waals surface area contributed by atoms with Crippen molar-refractivity contribution in [2.75, 3.05) is 18.4 Å². The van der Waals surface area contributed by atoms with E-state index in [9.17, 15) is 5.11 Å². The lowest BCUT2D eigenvalue weighted by molar-refractivity contribution is 0.186. The number of anilines is 1. The number of aromatic hydroxyl groups is 1. The molecule has 2 aliphatic rings. The van der Waals surface area contributed by atoms with Crippen molar-refractivity contribution in [2.45, 2.75) is 50.6 Å². The molecule has 5 rings (SSSR count). The zero-order valence-corrected chi connectivity index (χ0v) is 17.8. The predicted octanol–water partition coefficient (Wildman–Crippen LogP) is 5.88. The van der Waals surface area contributed by atoms with Gasteiger partial charge < -0.3 is 15.3 Å². The van der Waals surface area contributed by atoms with Crippen LogP contribution in [0.25, 0.3) is 22.0 Å². The van der Waals surface area contributed by atoms with Crippen molar-refractivity contribution < 1.29 is 5.11 Å². The summed E-state index contributed by atoms with van der Waals surface area (Å²) in [5, 5.41) is 14.9. The molecule has 5 heteroatoms. The Morgan fingerprint density at radius 2 is 1.73 bits per heavy atom. The fraction of sp³-hybridized carbons (Fsp3) is 0.400. The van der Waals surface area contributed by atoms with Crippen molar-refractivity contribution in [3.05, 3.63) is 53.7 Å². The van der Waals surface area contributed by atoms with Crippen molar-refractivity contribution in [1.29, 1.82) is 0 Å². The van der Waals surface area contributed by atoms with Gasteiger partial charge in [-0.2, -0.15) is 0 Å². The molecule has 1 aromatic heterocycles. The first kappa shape index (κ1) is 19.7. The molecule has 3 aromatic rings. The second-order valence-corrected chi connectivity index (χ2v) is 8.98. The summed E-state index contributed by atoms with van der Waals surface area (Å²) in [7, 11) is 0. The van der Waals surface area contributed by atoms with Gasteiger partial charge in [-0.25, -0.2) is 0 Å². The van der Waals surface area contributed by atoms with E-state index in [-0.39, 0.29) is 5.75 Å². The van der Waals surface area contributed by atoms with Gasteiger partial charge in [0.25, 0.3) is 0 Å². The lowest BCUT2D eigenvalue weighted by atomic mass is 9.90. The monoisotopic (exact) mass is 420 g/mol. The van der Waals surface area contributed by atoms with Crippen LogP contribution in [0.1, 0.15) is 38.5 Å². The van der Waals surface area contributed by atoms with Crippen LogP contribution in [0.15, 0.2) is 42.6 Å². The molecule has 4 nitrogen and oxygen atoms in total. The van der Waals surface area contributed by atoms with E-state index in [1.807, 2.05) is 18.2 Å². The molecule has 30 heavy (non-hydrogen) atoms. The van der Waals surface area contributed by atoms with E-state index >= 15 is 0 Å². The van der Waals surface area contributed by atoms with Crippen LogP contribution >= 0.6 is 11.6 Å². The first-order valence-corrected chi connectivity index (χ1v) is 11.3. The predicted molar refractivity (Wildman–Crippen MR) is 123 cm³/mol. The van der Waals surface area contributed by atoms with Crippen LogP contribution in [0.2, 0.25) is 5.02 Å². The Morgan fingerprint density at radius 1 is 1.00 bits per heavy atom. The average molecular weight is 421 g/mol. The summed E-state index contributed by atoms with van der Waals surface area (Å²) in [4.78, 5) is 7.19. The molecule has 1 saturated heterocycles. The van der Waals surface area contributed by atoms with Gasteiger partial charge in [-0.1, -0.05) is 23.7 Å². The minimum absolute atomic E-state index is 0.100. The van der Waals surface area contributed by atoms with Gasteiger partial charge in [0.1, 0.15) is 5.75 Å². The summed E-state index contributed by atoms with van der Waals surface area (Å²) in [5.41, 5.74) is 4.00. The zero-order chi connectivity index (χ0) is 20.5. The number of fused-ring (bicyclic) bond motifs is 1. The van der Waals surface area contributed by atoms with E-state index in [0.717, 1.165) is 33.8 Å². The van der Waals surface area contributed by atoms with Crippen molar-refractivity contribution in [3.8, 4) is 16.9 Å². The summed E-state index contributed by atoms with van der Waals surface area (Å²) in [6, 6.07) is 16.1. The molecule has 1 aliphatic heterocycles. The first-order valence-electron chi connectivity index (χ1n) is 11.0. The Morgan fingerprint density at radius 3 is 2.50 bits per heavy atom. The van der Waals surface area contributed by atoms with Gasteiger partial charge in [-0.3, -0.25) is 4.98 Å². The Kier molecular flexibility index (Phi) is 5.53. The number of hydrogen-bond acceptors (Lipinski definition) is 4. The summed E-state index contributed by atoms with van der Waals surface area (Å²) in [6.07, 6.45) is 9.45. The summed E-state index contributed by atoms with van der Waals surface area (Å²) < 4.78 is 0. The number of hydrogen-bond donors (Lipinski definition) is 2. The molecular weight excluding hydrogens is 394 g/mol. The van der Waals surface area contributed by atoms with Crippen molar-refractivity contribution in [3.63, 3.8) is 0 Å². The van der Waals surface area contributed by atoms with Crippen LogP contribution in [0.3, 0.4) is 0 Å². The van der Waals surface area contributed by atoms with Gasteiger partial charge in [-0.05, 0) is 87.0 Å². The maximum Gasteiger partial charge on any atom is 0.134 e. The molecule has 2 fully saturated rings. The number of aromatic nitrogens is 1. The Labute approximate surface area is 182 Å². The van der Waals surface area contributed by atoms with Crippen LogP contribution in [0, 0.1) is 6.07 Å². The van der Waals surface area contributed by atoms with E-state index in [1.165, 1.54) is 51.6 Å². The number of halogens is 1. The number of nitrogens with zero attached hydrogens (tertiary/aromatic N) is 2. The Hall–Kier alpha value is -2.30. The summed E-state index contributed by atoms with van der Waals surface area (Å²) in [5.74, 6) is 0.100. The molecule has 0 spiro atoms. The number of likely N-dealkylation sites (tertiary alicyclic amines) is 1. The van der Waals surface area contributed by atoms with Gasteiger partial charge in [0.15, 0.2) is 0 Å². The Balaban J connectivity index is 1.36. The molecule has 1 aliphatic carbocycles. The fourth-order valence-electron chi connectivity index (χ4n) is 4.97. The molecule has 155 valence electrons. The van der Waals surface area contributed by atoms with E-state index < -0.39 is 0 Å². The maximum atomic E-state index is 9.72. The lowest BCUT2D eigenvalue weighted by Gasteiger charge is -2.35. The summed E-state index contributed by atoms with van der Waals surface area (Å²) >= 11 is 6.12. The lowest BCUT2D eigenvalue weighted by Crippen LogP contribution is -2.38. The molecule has 2 aromatic carbocycles. The zero-order valence-electron chi connectivity index (χ0n) is 17.1. The molecule has 0 unspecified atom stereocenters. The average Bonchev–Trinajstić information content (AvgIpc) is 3.31. The van der Waals surface area contributed by atoms with Gasteiger partial charge in [-0.15, -0.1) is 0 Å². The number of phenols is 1. The second kappa shape index (κ2) is 8.44. The third-order valence-corrected chi connectivity index (χ3v) is 6.96. The largest absolute Gasteiger partial charge is 0.506 e. The molecular formula is C25H27ClN3O. The number of benzene rings is 2. The van der Waals surface area contributed by atoms with E-state index in [0.29, 0.717) is 11.1 Å². The normalized spacial score (nSPS) is 22.4. The smallest absolute Gasteiger partial charge is 0.134 e. The highest BCUT2D eigenvalue weighted by atomic mass is 35.5. The highest BCUT2D eigenvalue weighted by molar-refractivity contribution is 6.32. The summed E-state index contributed by atoms with van der Waals surface area (Å²) in [6.45, 7) is 2.57. The third kappa shape index (κ3) is 3.99. The molecule has 2 N–H and O–H groups in total. The number of nitrogens with one attached hydrogen (secondary N) is 1. The third-order valence-electron chi connectivity index (χ3n) is 6.66. The standard InChI is InChI=1S/C25H27ClN3O/c26-22-16-18(4-10-25(22)30)17-3-9-23-21(15-17)24(11-12-27-23)28-19-5-7-20(8-6-19)29-13-1-2-14-29/h3-4,9-10,12,15-16,19-20,30H,1-2,5-8,13-14H2,(H,27,28)/t19-,20-. The number of pyridine rings is 1. The minimum atomic E-state index is 0.100. The molecule has 1 saturated carbocycles. The van der Waals surface area contributed by atoms with Crippen LogP contribution in [0.4, 0.5) is 5.69 Å². The molecule has 1 radical (unpaired) electrons. The highest BCUT2D eigenvalue weighted by Crippen LogP contribution is 2.34. The fourth-order valence-corrected chi connectivity index (χ4v) is 5.16. The molecule has 0 amide bonds. The van der Waals surface area contributed by atoms with E-state index in [1.54, 1.807) is 18.3 Å². The second-order valence-electron chi connectivity index (χ2n) is 8.57. The van der Waals surface area contributed by atoms with E-state index in [2.05, 4.69) is 27.3 Å². The van der Waals surface area contributed by atoms with Gasteiger partial charge >= 0.3 is 0 Å². The van der Waals surface area contributed by atoms with Crippen molar-refractivity contribution >= 4 is 28.2 Å². The molecule has 2 heterocycles. The van der Waals surface area contributed by atoms with Gasteiger partial charge in [0.2, 0.25) is 0 Å². The molecule has 0 atom stereocenters. The SMILES string of the molecule is Oc1ccc(-c2ccc3nc[c]c(N[C@H]4CC[C@H](N5CCCC5)CC4)c3c2)cc1Cl. The number of phenolic OH excluding ortho intramolecular Hbond substituents is 1. The maximum absolute atomic E-state index is 9.72. The quantitative estimate of drug-likeness (QED) is 0.553. The number of rotatable bonds is 4. The van der Waals surface area contributed by atoms with E-state index in [4.69, 9.17) is 11.6 Å². The first-order chi connectivity index (χ1) is 14.7. The van der Waals surface area contributed by atoms with Crippen LogP contribution in [0.5, 0.6) is 5.75 Å². The van der Waals surface area contributed by atoms with Gasteiger partial charge in [0.05, 0.1) is 16.2 Å². The van der Waals surface area contributed by atoms with Gasteiger partial charge in [0, 0.05) is 29.7 Å². The van der Waals surface area contributed by atoms with Crippen molar-refractivity contribution in [2.24, 2.45) is 0 Å². The van der Waals surface area contributed by atoms with Crippen LogP contribution in [-0.4, -0.2) is 40.2 Å². The highest BCUT2D eigenvalue weighted by Gasteiger charge is 2.27.